The highest BCUT2D eigenvalue weighted by molar-refractivity contribution is 6.26. The third-order valence-electron chi connectivity index (χ3n) is 3.43. The number of carbonyl (C=O) groups is 3. The summed E-state index contributed by atoms with van der Waals surface area (Å²) >= 11 is 0. The molecule has 0 spiro atoms. The van der Waals surface area contributed by atoms with Crippen LogP contribution in [0.4, 0.5) is 0 Å². The van der Waals surface area contributed by atoms with E-state index in [2.05, 4.69) is 0 Å². The molecule has 3 rings (SSSR count). The summed E-state index contributed by atoms with van der Waals surface area (Å²) in [6.07, 6.45) is 0.954. The molecule has 0 radical (unpaired) electrons. The van der Waals surface area contributed by atoms with E-state index in [0.717, 1.165) is 16.8 Å². The highest BCUT2D eigenvalue weighted by atomic mass is 16.5. The van der Waals surface area contributed by atoms with E-state index in [1.807, 2.05) is 24.3 Å². The number of nitrogens with two attached hydrogens (primary N) is 1. The third kappa shape index (κ3) is 2.57. The number of carboxylic acid groups (broad SMARTS) is 1. The minimum Gasteiger partial charge on any atom is -0.477 e. The predicted octanol–water partition coefficient (Wildman–Crippen LogP) is 1.76. The molecule has 114 valence electrons. The number of carbonyl (C=O) groups excluding carboxylic acids is 2. The molecular formula is C17H11NO5. The molecule has 23 heavy (non-hydrogen) atoms. The number of fused-ring (bicyclic) bond motifs is 1. The molecule has 3 N–H and O–H groups in total. The Balaban J connectivity index is 1.92. The average molecular weight is 309 g/mol. The van der Waals surface area contributed by atoms with E-state index in [4.69, 9.17) is 15.6 Å². The Morgan fingerprint density at radius 3 is 2.43 bits per heavy atom. The van der Waals surface area contributed by atoms with Crippen molar-refractivity contribution in [3.8, 4) is 0 Å². The van der Waals surface area contributed by atoms with E-state index in [9.17, 15) is 14.4 Å². The Morgan fingerprint density at radius 1 is 1.09 bits per heavy atom. The highest BCUT2D eigenvalue weighted by Crippen LogP contribution is 2.23. The number of benzene rings is 2. The monoisotopic (exact) mass is 309 g/mol. The van der Waals surface area contributed by atoms with Gasteiger partial charge in [-0.3, -0.25) is 9.59 Å². The van der Waals surface area contributed by atoms with E-state index in [1.165, 1.54) is 0 Å². The summed E-state index contributed by atoms with van der Waals surface area (Å²) in [6.45, 7) is 0. The van der Waals surface area contributed by atoms with Crippen LogP contribution in [0.3, 0.4) is 0 Å². The fourth-order valence-corrected chi connectivity index (χ4v) is 2.29. The Kier molecular flexibility index (Phi) is 3.42. The first kappa shape index (κ1) is 14.5. The molecule has 1 aliphatic heterocycles. The average Bonchev–Trinajstić information content (AvgIpc) is 2.80. The van der Waals surface area contributed by atoms with Crippen LogP contribution < -0.4 is 5.73 Å². The topological polar surface area (TPSA) is 107 Å². The van der Waals surface area contributed by atoms with E-state index < -0.39 is 34.8 Å². The zero-order valence-corrected chi connectivity index (χ0v) is 11.8. The Morgan fingerprint density at radius 2 is 1.78 bits per heavy atom. The number of allylic oxidation sites excluding steroid dienone is 2. The van der Waals surface area contributed by atoms with Crippen molar-refractivity contribution in [2.75, 3.05) is 0 Å². The summed E-state index contributed by atoms with van der Waals surface area (Å²) in [5.74, 6) is -3.78. The van der Waals surface area contributed by atoms with Gasteiger partial charge in [-0.2, -0.15) is 0 Å². The summed E-state index contributed by atoms with van der Waals surface area (Å²) in [5, 5.41) is 10.7. The highest BCUT2D eigenvalue weighted by Gasteiger charge is 2.34. The van der Waals surface area contributed by atoms with E-state index in [1.54, 1.807) is 18.2 Å². The van der Waals surface area contributed by atoms with Crippen molar-refractivity contribution in [3.63, 3.8) is 0 Å². The van der Waals surface area contributed by atoms with Crippen molar-refractivity contribution >= 4 is 28.3 Å². The summed E-state index contributed by atoms with van der Waals surface area (Å²) in [6, 6.07) is 12.6. The Hall–Kier alpha value is -3.41. The van der Waals surface area contributed by atoms with Gasteiger partial charge in [-0.25, -0.2) is 4.79 Å². The molecule has 6 nitrogen and oxygen atoms in total. The van der Waals surface area contributed by atoms with Gasteiger partial charge in [0, 0.05) is 11.6 Å². The van der Waals surface area contributed by atoms with Gasteiger partial charge in [0.15, 0.2) is 17.1 Å². The smallest absolute Gasteiger partial charge is 0.345 e. The van der Waals surface area contributed by atoms with Crippen LogP contribution in [0.25, 0.3) is 10.8 Å². The quantitative estimate of drug-likeness (QED) is 0.508. The van der Waals surface area contributed by atoms with Crippen molar-refractivity contribution in [2.45, 2.75) is 0 Å². The molecule has 1 aliphatic rings. The normalized spacial score (nSPS) is 16.0. The molecule has 0 atom stereocenters. The second kappa shape index (κ2) is 5.42. The summed E-state index contributed by atoms with van der Waals surface area (Å²) in [5.41, 5.74) is 5.05. The minimum absolute atomic E-state index is 0.356. The Bertz CT molecular complexity index is 923. The van der Waals surface area contributed by atoms with Gasteiger partial charge in [-0.15, -0.1) is 0 Å². The molecule has 1 heterocycles. The van der Waals surface area contributed by atoms with Gasteiger partial charge in [-0.05, 0) is 16.8 Å². The lowest BCUT2D eigenvalue weighted by molar-refractivity contribution is -0.134. The fraction of sp³-hybridized carbons (Fsp3) is 0. The second-order valence-electron chi connectivity index (χ2n) is 4.91. The maximum atomic E-state index is 12.3. The van der Waals surface area contributed by atoms with Crippen molar-refractivity contribution in [1.82, 2.24) is 0 Å². The maximum Gasteiger partial charge on any atom is 0.345 e. The molecule has 0 unspecified atom stereocenters. The summed E-state index contributed by atoms with van der Waals surface area (Å²) < 4.78 is 4.89. The molecule has 0 fully saturated rings. The number of ketones is 2. The van der Waals surface area contributed by atoms with Crippen LogP contribution in [0.2, 0.25) is 0 Å². The number of hydrogen-bond donors (Lipinski definition) is 2. The maximum absolute atomic E-state index is 12.3. The van der Waals surface area contributed by atoms with Gasteiger partial charge >= 0.3 is 5.97 Å². The van der Waals surface area contributed by atoms with E-state index >= 15 is 0 Å². The molecule has 2 aromatic carbocycles. The SMILES string of the molecule is NC1=C(C(=O)O)C(=O)/C(=C/C(=O)c2ccc3ccccc3c2)O1. The van der Waals surface area contributed by atoms with Crippen LogP contribution in [-0.4, -0.2) is 22.6 Å². The zero-order valence-electron chi connectivity index (χ0n) is 11.8. The molecule has 0 saturated carbocycles. The lowest BCUT2D eigenvalue weighted by Crippen LogP contribution is -2.12. The van der Waals surface area contributed by atoms with E-state index in [0.29, 0.717) is 5.56 Å². The number of rotatable bonds is 3. The first-order chi connectivity index (χ1) is 11.0. The number of hydrogen-bond acceptors (Lipinski definition) is 5. The largest absolute Gasteiger partial charge is 0.477 e. The van der Waals surface area contributed by atoms with Crippen molar-refractivity contribution in [3.05, 3.63) is 71.3 Å². The molecular weight excluding hydrogens is 298 g/mol. The second-order valence-corrected chi connectivity index (χ2v) is 4.91. The zero-order chi connectivity index (χ0) is 16.6. The first-order valence-electron chi connectivity index (χ1n) is 6.68. The molecule has 0 saturated heterocycles. The number of carboxylic acids is 1. The van der Waals surface area contributed by atoms with Gasteiger partial charge in [-0.1, -0.05) is 36.4 Å². The third-order valence-corrected chi connectivity index (χ3v) is 3.43. The van der Waals surface area contributed by atoms with Crippen LogP contribution in [0.5, 0.6) is 0 Å². The molecule has 6 heteroatoms. The van der Waals surface area contributed by atoms with Crippen molar-refractivity contribution in [2.24, 2.45) is 5.73 Å². The van der Waals surface area contributed by atoms with E-state index in [-0.39, 0.29) is 0 Å². The van der Waals surface area contributed by atoms with Gasteiger partial charge in [0.2, 0.25) is 11.7 Å². The molecule has 0 aliphatic carbocycles. The predicted molar refractivity (Wildman–Crippen MR) is 81.3 cm³/mol. The number of Topliss-reactive ketones (excluding diaryl/α,β-unsaturated/α-hetero) is 1. The van der Waals surface area contributed by atoms with Gasteiger partial charge in [0.25, 0.3) is 0 Å². The molecule has 0 amide bonds. The lowest BCUT2D eigenvalue weighted by atomic mass is 10.0. The fourth-order valence-electron chi connectivity index (χ4n) is 2.29. The Labute approximate surface area is 130 Å². The number of aliphatic carboxylic acids is 1. The minimum atomic E-state index is -1.49. The standard InChI is InChI=1S/C17H11NO5/c18-16-14(17(21)22)15(20)13(23-16)8-12(19)11-6-5-9-3-1-2-4-10(9)7-11/h1-8H,18H2,(H,21,22)/b13-8-. The van der Waals surface area contributed by atoms with Gasteiger partial charge in [0.1, 0.15) is 0 Å². The summed E-state index contributed by atoms with van der Waals surface area (Å²) in [4.78, 5) is 35.0. The molecule has 0 bridgehead atoms. The van der Waals surface area contributed by atoms with Crippen molar-refractivity contribution < 1.29 is 24.2 Å². The lowest BCUT2D eigenvalue weighted by Gasteiger charge is -2.01. The van der Waals surface area contributed by atoms with Gasteiger partial charge < -0.3 is 15.6 Å². The molecule has 0 aromatic heterocycles. The molecule has 2 aromatic rings. The van der Waals surface area contributed by atoms with Crippen LogP contribution in [-0.2, 0) is 14.3 Å². The summed E-state index contributed by atoms with van der Waals surface area (Å²) in [7, 11) is 0. The first-order valence-corrected chi connectivity index (χ1v) is 6.68. The van der Waals surface area contributed by atoms with Crippen molar-refractivity contribution in [1.29, 1.82) is 0 Å². The van der Waals surface area contributed by atoms with Crippen LogP contribution in [0.1, 0.15) is 10.4 Å². The number of ether oxygens (including phenoxy) is 1. The van der Waals surface area contributed by atoms with Crippen LogP contribution in [0.15, 0.2) is 65.8 Å². The van der Waals surface area contributed by atoms with Gasteiger partial charge in [0.05, 0.1) is 0 Å². The van der Waals surface area contributed by atoms with Crippen LogP contribution >= 0.6 is 0 Å². The van der Waals surface area contributed by atoms with Crippen LogP contribution in [0, 0.1) is 0 Å².